The minimum atomic E-state index is -0.375. The molecule has 2 atom stereocenters. The Hall–Kier alpha value is -4.47. The maximum atomic E-state index is 8.56. The van der Waals surface area contributed by atoms with Crippen molar-refractivity contribution in [3.8, 4) is 0 Å². The Labute approximate surface area is 391 Å². The molecule has 1 saturated heterocycles. The van der Waals surface area contributed by atoms with Crippen molar-refractivity contribution >= 4 is 39.9 Å². The number of aliphatic hydroxyl groups excluding tert-OH is 2. The summed E-state index contributed by atoms with van der Waals surface area (Å²) in [5.41, 5.74) is 12.7. The minimum Gasteiger partial charge on any atom is -0.393 e. The fourth-order valence-corrected chi connectivity index (χ4v) is 9.89. The van der Waals surface area contributed by atoms with Crippen LogP contribution in [0, 0.1) is 6.07 Å². The minimum absolute atomic E-state index is 0.00513. The Morgan fingerprint density at radius 1 is 0.476 bits per heavy atom. The van der Waals surface area contributed by atoms with Crippen molar-refractivity contribution < 1.29 is 29.6 Å². The molecule has 0 bridgehead atoms. The molecule has 7 heteroatoms. The van der Waals surface area contributed by atoms with Gasteiger partial charge in [0.2, 0.25) is 0 Å². The summed E-state index contributed by atoms with van der Waals surface area (Å²) in [7, 11) is 0. The van der Waals surface area contributed by atoms with Gasteiger partial charge in [0.1, 0.15) is 0 Å². The molecular weight excluding hydrogens is 949 g/mol. The van der Waals surface area contributed by atoms with Crippen molar-refractivity contribution in [3.63, 3.8) is 0 Å². The largest absolute Gasteiger partial charge is 0.393 e. The van der Waals surface area contributed by atoms with Crippen LogP contribution in [0.25, 0.3) is 0 Å². The van der Waals surface area contributed by atoms with E-state index >= 15 is 0 Å². The number of hydrogen-bond acceptors (Lipinski definition) is 4. The van der Waals surface area contributed by atoms with Gasteiger partial charge < -0.3 is 10.2 Å². The van der Waals surface area contributed by atoms with Gasteiger partial charge in [0.25, 0.3) is 0 Å². The molecule has 0 saturated carbocycles. The molecule has 7 rings (SSSR count). The zero-order chi connectivity index (χ0) is 45.9. The summed E-state index contributed by atoms with van der Waals surface area (Å²) in [5.74, 6) is 0. The third-order valence-corrected chi connectivity index (χ3v) is 13.9. The molecule has 0 aliphatic carbocycles. The van der Waals surface area contributed by atoms with Crippen LogP contribution in [-0.2, 0) is 41.0 Å². The van der Waals surface area contributed by atoms with Crippen molar-refractivity contribution in [3.05, 3.63) is 191 Å². The SMILES string of the molecule is CC(C)(C)c1ccc(C(C)(C)c2ccc(B3B(c4ccc(C(C)(C)c5ccc(C(C)(C)C)cc5)cc4)N(c4ccccc4)[C](=[Pt])N3c3[c-]cccc3)cc2)cc1.CC(O)CC(C)O. The second-order valence-electron chi connectivity index (χ2n) is 20.5. The van der Waals surface area contributed by atoms with Crippen molar-refractivity contribution in [1.29, 1.82) is 0 Å². The molecule has 63 heavy (non-hydrogen) atoms. The number of para-hydroxylation sites is 2. The van der Waals surface area contributed by atoms with E-state index in [0.29, 0.717) is 6.42 Å². The quantitative estimate of drug-likeness (QED) is 0.106. The first-order chi connectivity index (χ1) is 29.6. The second kappa shape index (κ2) is 19.3. The zero-order valence-electron chi connectivity index (χ0n) is 39.6. The molecule has 6 aromatic rings. The van der Waals surface area contributed by atoms with Gasteiger partial charge in [-0.1, -0.05) is 41.5 Å². The third-order valence-electron chi connectivity index (χ3n) is 12.8. The first-order valence-electron chi connectivity index (χ1n) is 22.5. The Morgan fingerprint density at radius 3 is 1.16 bits per heavy atom. The topological polar surface area (TPSA) is 46.9 Å². The van der Waals surface area contributed by atoms with E-state index in [0.717, 1.165) is 9.83 Å². The standard InChI is InChI=1S/C51H55B2N2.C5H12O2.Pt/c1-48(2,3)38-21-25-40(26-22-38)50(7,8)42-29-33-44(34-30-42)52-53(55(47-19-15-12-16-20-47)37-54(52)46-17-13-11-14-18-46)45-35-31-43(32-36-45)51(9,10)41-27-23-39(24-28-41)49(4,5)6;1-4(6)3-5(2)7;/h11-19,21-36H,1-10H3;4-7H,3H2,1-2H3;/q-1;;. The van der Waals surface area contributed by atoms with Gasteiger partial charge in [-0.3, -0.25) is 0 Å². The molecule has 4 nitrogen and oxygen atoms in total. The normalized spacial score (nSPS) is 14.7. The van der Waals surface area contributed by atoms with Crippen molar-refractivity contribution in [2.45, 2.75) is 123 Å². The van der Waals surface area contributed by atoms with Crippen LogP contribution >= 0.6 is 0 Å². The average Bonchev–Trinajstić information content (AvgIpc) is 3.56. The maximum Gasteiger partial charge on any atom is 0.0536 e. The molecular formula is C56H67B2N2O2Pt-. The van der Waals surface area contributed by atoms with Crippen LogP contribution in [0.2, 0.25) is 0 Å². The van der Waals surface area contributed by atoms with Crippen LogP contribution in [0.15, 0.2) is 152 Å². The zero-order valence-corrected chi connectivity index (χ0v) is 41.8. The summed E-state index contributed by atoms with van der Waals surface area (Å²) in [6.07, 6.45) is -0.278. The number of nitrogens with zero attached hydrogens (tertiary/aromatic N) is 2. The number of rotatable bonds is 10. The van der Waals surface area contributed by atoms with E-state index in [2.05, 4.69) is 250 Å². The molecule has 1 aliphatic heterocycles. The first kappa shape index (κ1) is 48.0. The second-order valence-corrected chi connectivity index (χ2v) is 21.6. The third kappa shape index (κ3) is 10.9. The maximum absolute atomic E-state index is 8.56. The Kier molecular flexibility index (Phi) is 14.7. The molecule has 2 N–H and O–H groups in total. The van der Waals surface area contributed by atoms with E-state index in [1.54, 1.807) is 13.8 Å². The van der Waals surface area contributed by atoms with Gasteiger partial charge in [-0.05, 0) is 31.1 Å². The Morgan fingerprint density at radius 2 is 0.825 bits per heavy atom. The summed E-state index contributed by atoms with van der Waals surface area (Å²) >= 11 is 2.54. The molecule has 0 radical (unpaired) electrons. The van der Waals surface area contributed by atoms with Crippen LogP contribution in [0.3, 0.4) is 0 Å². The van der Waals surface area contributed by atoms with Crippen molar-refractivity contribution in [2.75, 3.05) is 9.62 Å². The number of aliphatic hydroxyl groups is 2. The summed E-state index contributed by atoms with van der Waals surface area (Å²) in [6.45, 7) is 26.3. The molecule has 0 spiro atoms. The van der Waals surface area contributed by atoms with Crippen LogP contribution in [-0.4, -0.2) is 40.0 Å². The first-order valence-corrected chi connectivity index (χ1v) is 23.6. The van der Waals surface area contributed by atoms with Crippen LogP contribution in [0.1, 0.15) is 123 Å². The molecule has 0 aromatic heterocycles. The van der Waals surface area contributed by atoms with Crippen molar-refractivity contribution in [2.24, 2.45) is 0 Å². The van der Waals surface area contributed by atoms with Gasteiger partial charge in [-0.2, -0.15) is 0 Å². The van der Waals surface area contributed by atoms with Gasteiger partial charge in [-0.15, -0.1) is 0 Å². The molecule has 1 heterocycles. The van der Waals surface area contributed by atoms with Crippen LogP contribution < -0.4 is 20.5 Å². The van der Waals surface area contributed by atoms with Gasteiger partial charge in [0.05, 0.1) is 12.2 Å². The van der Waals surface area contributed by atoms with E-state index in [9.17, 15) is 0 Å². The van der Waals surface area contributed by atoms with Gasteiger partial charge in [0.15, 0.2) is 0 Å². The van der Waals surface area contributed by atoms with Gasteiger partial charge >= 0.3 is 299 Å². The molecule has 330 valence electrons. The average molecular weight is 1020 g/mol. The van der Waals surface area contributed by atoms with E-state index in [4.69, 9.17) is 10.2 Å². The molecule has 2 unspecified atom stereocenters. The Balaban J connectivity index is 0.000000871. The summed E-state index contributed by atoms with van der Waals surface area (Å²) in [6, 6.07) is 60.2. The summed E-state index contributed by atoms with van der Waals surface area (Å²) < 4.78 is 1.15. The van der Waals surface area contributed by atoms with E-state index < -0.39 is 0 Å². The number of benzene rings is 6. The molecule has 1 aliphatic rings. The van der Waals surface area contributed by atoms with Crippen LogP contribution in [0.5, 0.6) is 0 Å². The predicted octanol–water partition coefficient (Wildman–Crippen LogP) is 10.7. The van der Waals surface area contributed by atoms with E-state index in [1.807, 2.05) is 6.07 Å². The Bertz CT molecular complexity index is 2230. The summed E-state index contributed by atoms with van der Waals surface area (Å²) in [4.78, 5) is 5.01. The monoisotopic (exact) mass is 1020 g/mol. The molecule has 0 amide bonds. The summed E-state index contributed by atoms with van der Waals surface area (Å²) in [5, 5.41) is 17.1. The smallest absolute Gasteiger partial charge is 0.0536 e. The number of hydrogen-bond donors (Lipinski definition) is 2. The predicted molar refractivity (Wildman–Crippen MR) is 268 cm³/mol. The van der Waals surface area contributed by atoms with Gasteiger partial charge in [0, 0.05) is 0 Å². The fraction of sp³-hybridized carbons (Fsp3) is 0.339. The van der Waals surface area contributed by atoms with Crippen molar-refractivity contribution in [1.82, 2.24) is 0 Å². The van der Waals surface area contributed by atoms with E-state index in [1.165, 1.54) is 50.0 Å². The van der Waals surface area contributed by atoms with Crippen LogP contribution in [0.4, 0.5) is 11.4 Å². The molecule has 6 aromatic carbocycles. The number of anilines is 2. The fourth-order valence-electron chi connectivity index (χ4n) is 8.69. The molecule has 1 fully saturated rings. The van der Waals surface area contributed by atoms with E-state index in [-0.39, 0.29) is 47.3 Å². The van der Waals surface area contributed by atoms with Gasteiger partial charge in [-0.25, -0.2) is 0 Å².